The lowest BCUT2D eigenvalue weighted by Crippen LogP contribution is -2.08. The zero-order valence-corrected chi connectivity index (χ0v) is 12.8. The second-order valence-corrected chi connectivity index (χ2v) is 6.03. The van der Waals surface area contributed by atoms with E-state index in [1.54, 1.807) is 17.7 Å². The molecule has 0 saturated heterocycles. The van der Waals surface area contributed by atoms with Gasteiger partial charge in [-0.15, -0.1) is 11.3 Å². The van der Waals surface area contributed by atoms with Gasteiger partial charge in [0, 0.05) is 22.1 Å². The van der Waals surface area contributed by atoms with Crippen molar-refractivity contribution in [3.63, 3.8) is 0 Å². The summed E-state index contributed by atoms with van der Waals surface area (Å²) in [6.45, 7) is 4.22. The number of aryl methyl sites for hydroxylation is 1. The van der Waals surface area contributed by atoms with E-state index in [9.17, 15) is 0 Å². The molecule has 0 aliphatic carbocycles. The Labute approximate surface area is 127 Å². The van der Waals surface area contributed by atoms with E-state index in [1.807, 2.05) is 24.4 Å². The molecular formula is C15H17N5S. The van der Waals surface area contributed by atoms with Gasteiger partial charge < -0.3 is 11.1 Å². The second kappa shape index (κ2) is 5.65. The first-order chi connectivity index (χ1) is 10.2. The molecule has 3 rings (SSSR count). The molecule has 5 nitrogen and oxygen atoms in total. The summed E-state index contributed by atoms with van der Waals surface area (Å²) in [7, 11) is 0. The Kier molecular flexibility index (Phi) is 3.70. The number of nitrogens with one attached hydrogen (secondary N) is 1. The predicted octanol–water partition coefficient (Wildman–Crippen LogP) is 3.40. The van der Waals surface area contributed by atoms with Crippen LogP contribution in [0.15, 0.2) is 30.7 Å². The molecule has 2 aromatic heterocycles. The van der Waals surface area contributed by atoms with Crippen LogP contribution in [0.2, 0.25) is 0 Å². The number of hydrogen-bond donors (Lipinski definition) is 2. The quantitative estimate of drug-likeness (QED) is 0.722. The standard InChI is InChI=1S/C15H17N5S/c1-3-11-7-17-15(21-11)9(2)20-14-12-5-4-10(16)6-13(12)18-8-19-14/h4-9H,3,16H2,1-2H3,(H,18,19,20). The molecule has 108 valence electrons. The van der Waals surface area contributed by atoms with Gasteiger partial charge in [-0.2, -0.15) is 0 Å². The molecule has 0 saturated carbocycles. The largest absolute Gasteiger partial charge is 0.399 e. The number of nitrogens with zero attached hydrogens (tertiary/aromatic N) is 3. The lowest BCUT2D eigenvalue weighted by atomic mass is 10.2. The summed E-state index contributed by atoms with van der Waals surface area (Å²) in [4.78, 5) is 14.4. The molecular weight excluding hydrogens is 282 g/mol. The van der Waals surface area contributed by atoms with Crippen LogP contribution in [0.25, 0.3) is 10.9 Å². The molecule has 1 unspecified atom stereocenters. The van der Waals surface area contributed by atoms with Gasteiger partial charge in [0.05, 0.1) is 11.6 Å². The van der Waals surface area contributed by atoms with Crippen LogP contribution in [0.5, 0.6) is 0 Å². The Morgan fingerprint density at radius 2 is 2.14 bits per heavy atom. The summed E-state index contributed by atoms with van der Waals surface area (Å²) in [5, 5.41) is 5.44. The van der Waals surface area contributed by atoms with Gasteiger partial charge in [-0.3, -0.25) is 0 Å². The summed E-state index contributed by atoms with van der Waals surface area (Å²) in [5.41, 5.74) is 7.34. The van der Waals surface area contributed by atoms with Crippen molar-refractivity contribution in [3.05, 3.63) is 40.6 Å². The van der Waals surface area contributed by atoms with Crippen LogP contribution in [0.3, 0.4) is 0 Å². The Morgan fingerprint density at radius 3 is 2.90 bits per heavy atom. The highest BCUT2D eigenvalue weighted by Crippen LogP contribution is 2.27. The molecule has 0 aliphatic rings. The van der Waals surface area contributed by atoms with Gasteiger partial charge in [0.25, 0.3) is 0 Å². The number of benzene rings is 1. The number of thiazole rings is 1. The third-order valence-electron chi connectivity index (χ3n) is 3.30. The Hall–Kier alpha value is -2.21. The SMILES string of the molecule is CCc1cnc(C(C)Nc2ncnc3cc(N)ccc23)s1. The van der Waals surface area contributed by atoms with Gasteiger partial charge in [-0.1, -0.05) is 6.92 Å². The fourth-order valence-electron chi connectivity index (χ4n) is 2.14. The summed E-state index contributed by atoms with van der Waals surface area (Å²) in [6.07, 6.45) is 4.51. The van der Waals surface area contributed by atoms with Crippen molar-refractivity contribution in [3.8, 4) is 0 Å². The van der Waals surface area contributed by atoms with E-state index in [-0.39, 0.29) is 6.04 Å². The predicted molar refractivity (Wildman–Crippen MR) is 87.5 cm³/mol. The maximum atomic E-state index is 5.80. The fourth-order valence-corrected chi connectivity index (χ4v) is 3.00. The lowest BCUT2D eigenvalue weighted by molar-refractivity contribution is 0.861. The van der Waals surface area contributed by atoms with Crippen LogP contribution in [0.4, 0.5) is 11.5 Å². The maximum absolute atomic E-state index is 5.80. The van der Waals surface area contributed by atoms with Crippen molar-refractivity contribution < 1.29 is 0 Å². The minimum absolute atomic E-state index is 0.103. The first kappa shape index (κ1) is 13.8. The topological polar surface area (TPSA) is 76.7 Å². The maximum Gasteiger partial charge on any atom is 0.137 e. The van der Waals surface area contributed by atoms with Gasteiger partial charge in [-0.05, 0) is 31.5 Å². The Bertz CT molecular complexity index is 768. The molecule has 0 fully saturated rings. The second-order valence-electron chi connectivity index (χ2n) is 4.88. The van der Waals surface area contributed by atoms with Crippen LogP contribution in [0.1, 0.15) is 29.8 Å². The van der Waals surface area contributed by atoms with Gasteiger partial charge in [0.15, 0.2) is 0 Å². The lowest BCUT2D eigenvalue weighted by Gasteiger charge is -2.13. The molecule has 6 heteroatoms. The van der Waals surface area contributed by atoms with E-state index in [0.717, 1.165) is 28.1 Å². The van der Waals surface area contributed by atoms with E-state index in [4.69, 9.17) is 5.73 Å². The summed E-state index contributed by atoms with van der Waals surface area (Å²) >= 11 is 1.73. The molecule has 1 aromatic carbocycles. The van der Waals surface area contributed by atoms with E-state index >= 15 is 0 Å². The van der Waals surface area contributed by atoms with Crippen LogP contribution in [-0.2, 0) is 6.42 Å². The average Bonchev–Trinajstić information content (AvgIpc) is 2.96. The van der Waals surface area contributed by atoms with Crippen LogP contribution in [-0.4, -0.2) is 15.0 Å². The van der Waals surface area contributed by atoms with Gasteiger partial charge in [0.2, 0.25) is 0 Å². The summed E-state index contributed by atoms with van der Waals surface area (Å²) < 4.78 is 0. The van der Waals surface area contributed by atoms with Gasteiger partial charge in [0.1, 0.15) is 17.2 Å². The number of nitrogens with two attached hydrogens (primary N) is 1. The monoisotopic (exact) mass is 299 g/mol. The minimum atomic E-state index is 0.103. The first-order valence-electron chi connectivity index (χ1n) is 6.88. The normalized spacial score (nSPS) is 12.5. The van der Waals surface area contributed by atoms with Gasteiger partial charge >= 0.3 is 0 Å². The molecule has 1 atom stereocenters. The van der Waals surface area contributed by atoms with Crippen LogP contribution in [0, 0.1) is 0 Å². The van der Waals surface area contributed by atoms with Crippen molar-refractivity contribution in [2.75, 3.05) is 11.1 Å². The molecule has 3 aromatic rings. The number of hydrogen-bond acceptors (Lipinski definition) is 6. The number of anilines is 2. The van der Waals surface area contributed by atoms with Crippen molar-refractivity contribution in [1.29, 1.82) is 0 Å². The highest BCUT2D eigenvalue weighted by molar-refractivity contribution is 7.11. The fraction of sp³-hybridized carbons (Fsp3) is 0.267. The molecule has 0 radical (unpaired) electrons. The Balaban J connectivity index is 1.90. The van der Waals surface area contributed by atoms with E-state index < -0.39 is 0 Å². The molecule has 0 spiro atoms. The van der Waals surface area contributed by atoms with E-state index in [2.05, 4.69) is 34.1 Å². The van der Waals surface area contributed by atoms with E-state index in [0.29, 0.717) is 5.69 Å². The van der Waals surface area contributed by atoms with Crippen molar-refractivity contribution >= 4 is 33.7 Å². The number of nitrogen functional groups attached to an aromatic ring is 1. The average molecular weight is 299 g/mol. The number of fused-ring (bicyclic) bond motifs is 1. The summed E-state index contributed by atoms with van der Waals surface area (Å²) in [6, 6.07) is 5.76. The third kappa shape index (κ3) is 2.80. The summed E-state index contributed by atoms with van der Waals surface area (Å²) in [5.74, 6) is 0.806. The molecule has 21 heavy (non-hydrogen) atoms. The zero-order valence-electron chi connectivity index (χ0n) is 12.0. The first-order valence-corrected chi connectivity index (χ1v) is 7.70. The molecule has 0 bridgehead atoms. The smallest absolute Gasteiger partial charge is 0.137 e. The highest BCUT2D eigenvalue weighted by Gasteiger charge is 2.12. The Morgan fingerprint density at radius 1 is 1.29 bits per heavy atom. The van der Waals surface area contributed by atoms with Crippen molar-refractivity contribution in [2.45, 2.75) is 26.3 Å². The minimum Gasteiger partial charge on any atom is -0.399 e. The molecule has 0 amide bonds. The van der Waals surface area contributed by atoms with Crippen LogP contribution < -0.4 is 11.1 Å². The van der Waals surface area contributed by atoms with Gasteiger partial charge in [-0.25, -0.2) is 15.0 Å². The van der Waals surface area contributed by atoms with E-state index in [1.165, 1.54) is 4.88 Å². The number of rotatable bonds is 4. The molecule has 0 aliphatic heterocycles. The molecule has 2 heterocycles. The van der Waals surface area contributed by atoms with Crippen molar-refractivity contribution in [2.24, 2.45) is 0 Å². The highest BCUT2D eigenvalue weighted by atomic mass is 32.1. The number of aromatic nitrogens is 3. The van der Waals surface area contributed by atoms with Crippen LogP contribution >= 0.6 is 11.3 Å². The zero-order chi connectivity index (χ0) is 14.8. The third-order valence-corrected chi connectivity index (χ3v) is 4.63. The van der Waals surface area contributed by atoms with Crippen molar-refractivity contribution in [1.82, 2.24) is 15.0 Å². The molecule has 3 N–H and O–H groups in total.